The molecule has 0 atom stereocenters. The van der Waals surface area contributed by atoms with E-state index in [0.29, 0.717) is 0 Å². The SMILES string of the molecule is OCc1c(Br)cc(S)c2ccsc12. The lowest BCUT2D eigenvalue weighted by atomic mass is 10.2. The van der Waals surface area contributed by atoms with Crippen LogP contribution >= 0.6 is 39.9 Å². The summed E-state index contributed by atoms with van der Waals surface area (Å²) >= 11 is 9.41. The van der Waals surface area contributed by atoms with Crippen LogP contribution in [0.3, 0.4) is 0 Å². The van der Waals surface area contributed by atoms with Crippen molar-refractivity contribution in [2.24, 2.45) is 0 Å². The molecule has 1 nitrogen and oxygen atoms in total. The highest BCUT2D eigenvalue weighted by atomic mass is 79.9. The van der Waals surface area contributed by atoms with Crippen molar-refractivity contribution in [3.05, 3.63) is 27.5 Å². The van der Waals surface area contributed by atoms with Gasteiger partial charge in [-0.25, -0.2) is 0 Å². The second kappa shape index (κ2) is 3.61. The second-order valence-corrected chi connectivity index (χ2v) is 4.93. The first-order chi connectivity index (χ1) is 6.24. The molecular formula is C9H7BrOS2. The number of hydrogen-bond donors (Lipinski definition) is 2. The zero-order valence-corrected chi connectivity index (χ0v) is 9.92. The van der Waals surface area contributed by atoms with Crippen LogP contribution in [0.15, 0.2) is 26.9 Å². The normalized spacial score (nSPS) is 11.0. The number of thiol groups is 1. The quantitative estimate of drug-likeness (QED) is 0.764. The lowest BCUT2D eigenvalue weighted by Crippen LogP contribution is -1.85. The fraction of sp³-hybridized carbons (Fsp3) is 0.111. The lowest BCUT2D eigenvalue weighted by Gasteiger charge is -2.04. The fourth-order valence-electron chi connectivity index (χ4n) is 1.29. The van der Waals surface area contributed by atoms with Crippen LogP contribution in [0.5, 0.6) is 0 Å². The zero-order chi connectivity index (χ0) is 9.42. The molecule has 2 rings (SSSR count). The highest BCUT2D eigenvalue weighted by molar-refractivity contribution is 9.10. The predicted molar refractivity (Wildman–Crippen MR) is 62.7 cm³/mol. The molecule has 0 fully saturated rings. The summed E-state index contributed by atoms with van der Waals surface area (Å²) in [6.45, 7) is 0.0612. The van der Waals surface area contributed by atoms with E-state index in [1.165, 1.54) is 0 Å². The third kappa shape index (κ3) is 1.52. The van der Waals surface area contributed by atoms with Crippen molar-refractivity contribution in [2.45, 2.75) is 11.5 Å². The largest absolute Gasteiger partial charge is 0.392 e. The smallest absolute Gasteiger partial charge is 0.0706 e. The Balaban J connectivity index is 2.88. The minimum absolute atomic E-state index is 0.0612. The standard InChI is InChI=1S/C9H7BrOS2/c10-7-3-8(12)5-1-2-13-9(5)6(7)4-11/h1-3,11-12H,4H2. The van der Waals surface area contributed by atoms with E-state index in [0.717, 1.165) is 25.0 Å². The van der Waals surface area contributed by atoms with Crippen LogP contribution in [-0.2, 0) is 6.61 Å². The van der Waals surface area contributed by atoms with Gasteiger partial charge in [-0.1, -0.05) is 15.9 Å². The number of aliphatic hydroxyl groups excluding tert-OH is 1. The van der Waals surface area contributed by atoms with Gasteiger partial charge in [-0.05, 0) is 17.5 Å². The van der Waals surface area contributed by atoms with Crippen LogP contribution in [0.2, 0.25) is 0 Å². The highest BCUT2D eigenvalue weighted by Crippen LogP contribution is 2.35. The Morgan fingerprint density at radius 3 is 3.00 bits per heavy atom. The van der Waals surface area contributed by atoms with Crippen molar-refractivity contribution in [3.8, 4) is 0 Å². The Bertz CT molecular complexity index is 450. The molecule has 2 aromatic rings. The van der Waals surface area contributed by atoms with Crippen molar-refractivity contribution < 1.29 is 5.11 Å². The monoisotopic (exact) mass is 274 g/mol. The maximum atomic E-state index is 9.18. The molecule has 1 heterocycles. The van der Waals surface area contributed by atoms with Gasteiger partial charge in [0.25, 0.3) is 0 Å². The molecule has 13 heavy (non-hydrogen) atoms. The van der Waals surface area contributed by atoms with E-state index >= 15 is 0 Å². The van der Waals surface area contributed by atoms with Gasteiger partial charge >= 0.3 is 0 Å². The first-order valence-corrected chi connectivity index (χ1v) is 5.84. The van der Waals surface area contributed by atoms with Gasteiger partial charge in [0.1, 0.15) is 0 Å². The molecule has 0 saturated heterocycles. The predicted octanol–water partition coefficient (Wildman–Crippen LogP) is 3.44. The molecule has 1 aromatic heterocycles. The van der Waals surface area contributed by atoms with Gasteiger partial charge in [0, 0.05) is 25.0 Å². The van der Waals surface area contributed by atoms with Crippen LogP contribution in [0.25, 0.3) is 10.1 Å². The summed E-state index contributed by atoms with van der Waals surface area (Å²) in [5.74, 6) is 0. The number of thiophene rings is 1. The summed E-state index contributed by atoms with van der Waals surface area (Å²) in [6, 6.07) is 3.94. The maximum absolute atomic E-state index is 9.18. The van der Waals surface area contributed by atoms with Crippen molar-refractivity contribution in [1.29, 1.82) is 0 Å². The van der Waals surface area contributed by atoms with Crippen LogP contribution in [0.1, 0.15) is 5.56 Å². The summed E-state index contributed by atoms with van der Waals surface area (Å²) in [7, 11) is 0. The number of benzene rings is 1. The molecule has 0 saturated carbocycles. The third-order valence-electron chi connectivity index (χ3n) is 1.93. The van der Waals surface area contributed by atoms with E-state index in [9.17, 15) is 5.11 Å². The van der Waals surface area contributed by atoms with Gasteiger partial charge in [0.05, 0.1) is 6.61 Å². The minimum Gasteiger partial charge on any atom is -0.392 e. The molecule has 1 aromatic carbocycles. The van der Waals surface area contributed by atoms with E-state index in [4.69, 9.17) is 0 Å². The van der Waals surface area contributed by atoms with Gasteiger partial charge in [-0.3, -0.25) is 0 Å². The Morgan fingerprint density at radius 2 is 2.31 bits per heavy atom. The minimum atomic E-state index is 0.0612. The van der Waals surface area contributed by atoms with Gasteiger partial charge in [0.2, 0.25) is 0 Å². The van der Waals surface area contributed by atoms with Crippen LogP contribution in [-0.4, -0.2) is 5.11 Å². The highest BCUT2D eigenvalue weighted by Gasteiger charge is 2.08. The summed E-state index contributed by atoms with van der Waals surface area (Å²) in [4.78, 5) is 0.945. The van der Waals surface area contributed by atoms with E-state index in [2.05, 4.69) is 28.6 Å². The molecule has 0 aliphatic carbocycles. The number of rotatable bonds is 1. The molecule has 0 aliphatic rings. The van der Waals surface area contributed by atoms with E-state index in [1.807, 2.05) is 17.5 Å². The molecule has 4 heteroatoms. The van der Waals surface area contributed by atoms with Gasteiger partial charge in [-0.15, -0.1) is 24.0 Å². The van der Waals surface area contributed by atoms with Crippen molar-refractivity contribution in [1.82, 2.24) is 0 Å². The summed E-state index contributed by atoms with van der Waals surface area (Å²) in [5.41, 5.74) is 0.947. The van der Waals surface area contributed by atoms with Gasteiger partial charge in [-0.2, -0.15) is 0 Å². The van der Waals surface area contributed by atoms with Crippen molar-refractivity contribution in [2.75, 3.05) is 0 Å². The number of fused-ring (bicyclic) bond motifs is 1. The summed E-state index contributed by atoms with van der Waals surface area (Å²) in [5, 5.41) is 12.3. The second-order valence-electron chi connectivity index (χ2n) is 2.68. The van der Waals surface area contributed by atoms with Crippen molar-refractivity contribution in [3.63, 3.8) is 0 Å². The Hall–Kier alpha value is -0.0300. The zero-order valence-electron chi connectivity index (χ0n) is 6.62. The molecule has 0 aliphatic heterocycles. The molecule has 0 unspecified atom stereocenters. The lowest BCUT2D eigenvalue weighted by molar-refractivity contribution is 0.283. The Kier molecular flexibility index (Phi) is 2.65. The average molecular weight is 275 g/mol. The number of aliphatic hydroxyl groups is 1. The van der Waals surface area contributed by atoms with Crippen LogP contribution < -0.4 is 0 Å². The van der Waals surface area contributed by atoms with Gasteiger partial charge in [0.15, 0.2) is 0 Å². The summed E-state index contributed by atoms with van der Waals surface area (Å²) in [6.07, 6.45) is 0. The molecule has 0 bridgehead atoms. The molecule has 68 valence electrons. The van der Waals surface area contributed by atoms with Crippen molar-refractivity contribution >= 4 is 50.0 Å². The molecule has 1 N–H and O–H groups in total. The third-order valence-corrected chi connectivity index (χ3v) is 3.98. The fourth-order valence-corrected chi connectivity index (χ4v) is 3.50. The summed E-state index contributed by atoms with van der Waals surface area (Å²) < 4.78 is 2.04. The molecule has 0 amide bonds. The first kappa shape index (κ1) is 9.52. The average Bonchev–Trinajstić information content (AvgIpc) is 2.53. The topological polar surface area (TPSA) is 20.2 Å². The Labute approximate surface area is 93.9 Å². The van der Waals surface area contributed by atoms with Crippen LogP contribution in [0.4, 0.5) is 0 Å². The van der Waals surface area contributed by atoms with E-state index in [1.54, 1.807) is 11.3 Å². The molecule has 0 radical (unpaired) electrons. The van der Waals surface area contributed by atoms with E-state index in [-0.39, 0.29) is 6.61 Å². The number of halogens is 1. The van der Waals surface area contributed by atoms with Crippen LogP contribution in [0, 0.1) is 0 Å². The number of hydrogen-bond acceptors (Lipinski definition) is 3. The molecule has 0 spiro atoms. The van der Waals surface area contributed by atoms with E-state index < -0.39 is 0 Å². The van der Waals surface area contributed by atoms with Gasteiger partial charge < -0.3 is 5.11 Å². The molecular weight excluding hydrogens is 268 g/mol. The Morgan fingerprint density at radius 1 is 1.54 bits per heavy atom. The first-order valence-electron chi connectivity index (χ1n) is 3.72. The maximum Gasteiger partial charge on any atom is 0.0706 e.